The zero-order valence-corrected chi connectivity index (χ0v) is 8.14. The van der Waals surface area contributed by atoms with Gasteiger partial charge in [-0.1, -0.05) is 0 Å². The zero-order valence-electron chi connectivity index (χ0n) is 8.14. The number of hydrogen-bond donors (Lipinski definition) is 4. The topological polar surface area (TPSA) is 121 Å². The molecular weight excluding hydrogens is 190 g/mol. The molecule has 0 aliphatic carbocycles. The van der Waals surface area contributed by atoms with E-state index in [9.17, 15) is 0 Å². The van der Waals surface area contributed by atoms with Crippen LogP contribution in [0.15, 0.2) is 0 Å². The molecule has 0 aromatic heterocycles. The van der Waals surface area contributed by atoms with Gasteiger partial charge in [0.2, 0.25) is 0 Å². The fourth-order valence-electron chi connectivity index (χ4n) is 0.584. The minimum atomic E-state index is -1.82. The van der Waals surface area contributed by atoms with Crippen molar-refractivity contribution in [2.24, 2.45) is 5.73 Å². The Balaban J connectivity index is 0. The maximum absolute atomic E-state index is 9.10. The Kier molecular flexibility index (Phi) is 10.9. The highest BCUT2D eigenvalue weighted by Crippen LogP contribution is 1.97. The van der Waals surface area contributed by atoms with Gasteiger partial charge in [-0.3, -0.25) is 0 Å². The molecule has 5 N–H and O–H groups in total. The van der Waals surface area contributed by atoms with Crippen LogP contribution in [-0.4, -0.2) is 39.9 Å². The molecule has 0 amide bonds. The number of aliphatic carboxylic acids is 2. The van der Waals surface area contributed by atoms with Crippen molar-refractivity contribution in [3.8, 4) is 0 Å². The summed E-state index contributed by atoms with van der Waals surface area (Å²) in [5.74, 6) is -3.65. The highest BCUT2D eigenvalue weighted by atomic mass is 16.4. The molecule has 0 aromatic carbocycles. The van der Waals surface area contributed by atoms with Crippen molar-refractivity contribution in [2.45, 2.75) is 32.3 Å². The molecule has 0 saturated carbocycles. The summed E-state index contributed by atoms with van der Waals surface area (Å²) >= 11 is 0. The Morgan fingerprint density at radius 1 is 1.21 bits per heavy atom. The van der Waals surface area contributed by atoms with Crippen LogP contribution in [0.4, 0.5) is 0 Å². The van der Waals surface area contributed by atoms with Crippen molar-refractivity contribution in [1.82, 2.24) is 0 Å². The Morgan fingerprint density at radius 2 is 1.64 bits per heavy atom. The van der Waals surface area contributed by atoms with Gasteiger partial charge in [-0.25, -0.2) is 9.59 Å². The maximum atomic E-state index is 9.10. The normalized spacial score (nSPS) is 11.1. The summed E-state index contributed by atoms with van der Waals surface area (Å²) in [6.07, 6.45) is 2.82. The predicted molar refractivity (Wildman–Crippen MR) is 49.9 cm³/mol. The number of aliphatic hydroxyl groups is 1. The van der Waals surface area contributed by atoms with E-state index in [4.69, 9.17) is 30.6 Å². The summed E-state index contributed by atoms with van der Waals surface area (Å²) in [4.78, 5) is 18.2. The molecule has 0 aliphatic heterocycles. The molecule has 14 heavy (non-hydrogen) atoms. The maximum Gasteiger partial charge on any atom is 0.414 e. The summed E-state index contributed by atoms with van der Waals surface area (Å²) in [6, 6.07) is 0. The molecule has 0 rings (SSSR count). The summed E-state index contributed by atoms with van der Waals surface area (Å²) in [5, 5.41) is 23.5. The lowest BCUT2D eigenvalue weighted by Crippen LogP contribution is -2.09. The molecule has 0 heterocycles. The Hall–Kier alpha value is -1.14. The van der Waals surface area contributed by atoms with Crippen LogP contribution in [-0.2, 0) is 9.59 Å². The lowest BCUT2D eigenvalue weighted by Gasteiger charge is -2.00. The van der Waals surface area contributed by atoms with Gasteiger partial charge >= 0.3 is 11.9 Å². The summed E-state index contributed by atoms with van der Waals surface area (Å²) in [5.41, 5.74) is 5.23. The lowest BCUT2D eigenvalue weighted by molar-refractivity contribution is -0.159. The first-order valence-electron chi connectivity index (χ1n) is 4.26. The average molecular weight is 207 g/mol. The van der Waals surface area contributed by atoms with E-state index in [1.54, 1.807) is 6.92 Å². The summed E-state index contributed by atoms with van der Waals surface area (Å²) in [7, 11) is 0. The molecule has 0 unspecified atom stereocenters. The van der Waals surface area contributed by atoms with Gasteiger partial charge in [0.05, 0.1) is 6.10 Å². The van der Waals surface area contributed by atoms with Gasteiger partial charge in [-0.05, 0) is 32.7 Å². The number of carboxylic acid groups (broad SMARTS) is 2. The molecule has 6 heteroatoms. The van der Waals surface area contributed by atoms with Crippen LogP contribution in [0, 0.1) is 0 Å². The first-order valence-corrected chi connectivity index (χ1v) is 4.26. The smallest absolute Gasteiger partial charge is 0.414 e. The molecule has 1 atom stereocenters. The third-order valence-corrected chi connectivity index (χ3v) is 1.26. The monoisotopic (exact) mass is 207 g/mol. The van der Waals surface area contributed by atoms with Crippen LogP contribution in [0.1, 0.15) is 26.2 Å². The largest absolute Gasteiger partial charge is 0.473 e. The quantitative estimate of drug-likeness (QED) is 0.369. The first-order chi connectivity index (χ1) is 6.41. The van der Waals surface area contributed by atoms with Crippen molar-refractivity contribution < 1.29 is 24.9 Å². The van der Waals surface area contributed by atoms with Gasteiger partial charge in [0.1, 0.15) is 0 Å². The minimum Gasteiger partial charge on any atom is -0.473 e. The Labute approximate surface area is 82.3 Å². The van der Waals surface area contributed by atoms with Crippen LogP contribution in [0.3, 0.4) is 0 Å². The molecule has 0 aromatic rings. The SMILES string of the molecule is C[C@H](O)CCCCN.O=C(O)C(=O)O. The van der Waals surface area contributed by atoms with Crippen molar-refractivity contribution in [3.05, 3.63) is 0 Å². The van der Waals surface area contributed by atoms with Gasteiger partial charge < -0.3 is 21.1 Å². The van der Waals surface area contributed by atoms with E-state index in [2.05, 4.69) is 0 Å². The number of rotatable bonds is 4. The minimum absolute atomic E-state index is 0.151. The van der Waals surface area contributed by atoms with Gasteiger partial charge in [-0.15, -0.1) is 0 Å². The van der Waals surface area contributed by atoms with Crippen LogP contribution in [0.25, 0.3) is 0 Å². The molecule has 0 fully saturated rings. The van der Waals surface area contributed by atoms with E-state index >= 15 is 0 Å². The number of carbonyl (C=O) groups is 2. The second kappa shape index (κ2) is 9.94. The number of aliphatic hydroxyl groups excluding tert-OH is 1. The molecule has 6 nitrogen and oxygen atoms in total. The van der Waals surface area contributed by atoms with E-state index in [1.165, 1.54) is 0 Å². The fourth-order valence-corrected chi connectivity index (χ4v) is 0.584. The average Bonchev–Trinajstić information content (AvgIpc) is 2.05. The van der Waals surface area contributed by atoms with E-state index in [1.807, 2.05) is 0 Å². The second-order valence-corrected chi connectivity index (χ2v) is 2.74. The molecule has 0 spiro atoms. The molecule has 0 bridgehead atoms. The number of nitrogens with two attached hydrogens (primary N) is 1. The standard InChI is InChI=1S/C6H15NO.C2H2O4/c1-6(8)4-2-3-5-7;3-1(4)2(5)6/h6,8H,2-5,7H2,1H3;(H,3,4)(H,5,6)/t6-;/m0./s1. The van der Waals surface area contributed by atoms with Crippen molar-refractivity contribution >= 4 is 11.9 Å². The van der Waals surface area contributed by atoms with Gasteiger partial charge in [-0.2, -0.15) is 0 Å². The van der Waals surface area contributed by atoms with E-state index in [0.717, 1.165) is 25.8 Å². The van der Waals surface area contributed by atoms with Crippen LogP contribution in [0.5, 0.6) is 0 Å². The Morgan fingerprint density at radius 3 is 1.86 bits per heavy atom. The summed E-state index contributed by atoms with van der Waals surface area (Å²) < 4.78 is 0. The molecule has 0 aliphatic rings. The molecule has 0 saturated heterocycles. The third-order valence-electron chi connectivity index (χ3n) is 1.26. The van der Waals surface area contributed by atoms with Crippen molar-refractivity contribution in [1.29, 1.82) is 0 Å². The van der Waals surface area contributed by atoms with E-state index in [-0.39, 0.29) is 6.10 Å². The van der Waals surface area contributed by atoms with Crippen molar-refractivity contribution in [3.63, 3.8) is 0 Å². The van der Waals surface area contributed by atoms with Gasteiger partial charge in [0.15, 0.2) is 0 Å². The highest BCUT2D eigenvalue weighted by Gasteiger charge is 2.04. The molecule has 84 valence electrons. The number of carboxylic acids is 2. The number of hydrogen-bond acceptors (Lipinski definition) is 4. The summed E-state index contributed by atoms with van der Waals surface area (Å²) in [6.45, 7) is 2.54. The first kappa shape index (κ1) is 15.3. The van der Waals surface area contributed by atoms with Crippen molar-refractivity contribution in [2.75, 3.05) is 6.54 Å². The highest BCUT2D eigenvalue weighted by molar-refractivity contribution is 6.27. The number of unbranched alkanes of at least 4 members (excludes halogenated alkanes) is 1. The van der Waals surface area contributed by atoms with Crippen LogP contribution < -0.4 is 5.73 Å². The fraction of sp³-hybridized carbons (Fsp3) is 0.750. The van der Waals surface area contributed by atoms with Crippen LogP contribution >= 0.6 is 0 Å². The predicted octanol–water partition coefficient (Wildman–Crippen LogP) is -0.348. The third kappa shape index (κ3) is 17.1. The molecule has 0 radical (unpaired) electrons. The molecular formula is C8H17NO5. The Bertz CT molecular complexity index is 157. The van der Waals surface area contributed by atoms with E-state index in [0.29, 0.717) is 0 Å². The zero-order chi connectivity index (χ0) is 11.6. The van der Waals surface area contributed by atoms with Gasteiger partial charge in [0.25, 0.3) is 0 Å². The van der Waals surface area contributed by atoms with E-state index < -0.39 is 11.9 Å². The lowest BCUT2D eigenvalue weighted by atomic mass is 10.2. The second-order valence-electron chi connectivity index (χ2n) is 2.74. The van der Waals surface area contributed by atoms with Gasteiger partial charge in [0, 0.05) is 0 Å². The van der Waals surface area contributed by atoms with Crippen LogP contribution in [0.2, 0.25) is 0 Å².